The van der Waals surface area contributed by atoms with Crippen LogP contribution in [-0.2, 0) is 0 Å². The SMILES string of the molecule is [Al][c]1ccccc1-n1c2ccc(-c3cccc(-c4nc(-c5ccccc5)nc(-c5ccccc5)n4)c3)cc2c2cc(-c3nc(-c4ccccc4)nc(-c4ccccc4)n3)ccc21. The molecule has 62 heavy (non-hydrogen) atoms. The Labute approximate surface area is 366 Å². The van der Waals surface area contributed by atoms with Gasteiger partial charge >= 0.3 is 0 Å². The Morgan fingerprint density at radius 1 is 0.274 bits per heavy atom. The van der Waals surface area contributed by atoms with Crippen molar-refractivity contribution in [3.63, 3.8) is 0 Å². The standard InChI is InChI=1S/C54H34N7.Al/c1-6-17-36(18-7-1)49-55-50(37-19-8-2-9-20-37)58-53(57-49)42-26-16-25-40(33-42)41-29-31-47-45(34-41)46-35-43(30-32-48(46)61(47)44-27-14-5-15-28-44)54-59-51(38-21-10-3-11-22-38)56-52(60-54)39-23-12-4-13-24-39;/h1-27,29-35H;. The van der Waals surface area contributed by atoms with E-state index < -0.39 is 0 Å². The summed E-state index contributed by atoms with van der Waals surface area (Å²) in [5.74, 6) is 3.73. The first-order valence-corrected chi connectivity index (χ1v) is 21.0. The van der Waals surface area contributed by atoms with Crippen LogP contribution in [0.25, 0.3) is 107 Å². The lowest BCUT2D eigenvalue weighted by atomic mass is 10.00. The highest BCUT2D eigenvalue weighted by atomic mass is 27.0. The molecule has 11 rings (SSSR count). The number of hydrogen-bond donors (Lipinski definition) is 0. The summed E-state index contributed by atoms with van der Waals surface area (Å²) in [6.07, 6.45) is 0. The number of fused-ring (bicyclic) bond motifs is 3. The molecule has 0 aliphatic carbocycles. The van der Waals surface area contributed by atoms with Gasteiger partial charge in [-0.1, -0.05) is 164 Å². The largest absolute Gasteiger partial charge is 0.311 e. The van der Waals surface area contributed by atoms with Crippen LogP contribution < -0.4 is 4.43 Å². The van der Waals surface area contributed by atoms with E-state index in [0.717, 1.165) is 76.4 Å². The fourth-order valence-electron chi connectivity index (χ4n) is 8.01. The van der Waals surface area contributed by atoms with Crippen LogP contribution in [0.15, 0.2) is 206 Å². The normalized spacial score (nSPS) is 11.3. The van der Waals surface area contributed by atoms with E-state index in [9.17, 15) is 0 Å². The summed E-state index contributed by atoms with van der Waals surface area (Å²) in [6, 6.07) is 70.4. The van der Waals surface area contributed by atoms with Gasteiger partial charge in [0.05, 0.1) is 11.0 Å². The van der Waals surface area contributed by atoms with Crippen molar-refractivity contribution in [3.8, 4) is 85.1 Å². The first-order chi connectivity index (χ1) is 30.6. The van der Waals surface area contributed by atoms with E-state index in [1.807, 2.05) is 121 Å². The number of rotatable bonds is 8. The fourth-order valence-corrected chi connectivity index (χ4v) is 8.34. The molecule has 8 heteroatoms. The van der Waals surface area contributed by atoms with E-state index in [1.54, 1.807) is 0 Å². The van der Waals surface area contributed by atoms with Crippen molar-refractivity contribution < 1.29 is 0 Å². The minimum Gasteiger partial charge on any atom is -0.311 e. The fraction of sp³-hybridized carbons (Fsp3) is 0. The summed E-state index contributed by atoms with van der Waals surface area (Å²) < 4.78 is 3.45. The van der Waals surface area contributed by atoms with Gasteiger partial charge < -0.3 is 4.57 Å². The molecule has 0 fully saturated rings. The number of aromatic nitrogens is 7. The predicted molar refractivity (Wildman–Crippen MR) is 251 cm³/mol. The molecule has 3 aromatic heterocycles. The summed E-state index contributed by atoms with van der Waals surface area (Å²) in [4.78, 5) is 30.0. The van der Waals surface area contributed by atoms with Crippen molar-refractivity contribution >= 4 is 42.5 Å². The third-order valence-corrected chi connectivity index (χ3v) is 11.5. The van der Waals surface area contributed by atoms with Crippen LogP contribution in [0.4, 0.5) is 0 Å². The van der Waals surface area contributed by atoms with E-state index in [4.69, 9.17) is 29.9 Å². The molecule has 0 saturated carbocycles. The van der Waals surface area contributed by atoms with Gasteiger partial charge in [-0.15, -0.1) is 4.43 Å². The van der Waals surface area contributed by atoms with Gasteiger partial charge in [-0.2, -0.15) is 0 Å². The molecule has 0 saturated heterocycles. The van der Waals surface area contributed by atoms with Crippen molar-refractivity contribution in [1.82, 2.24) is 34.5 Å². The zero-order valence-electron chi connectivity index (χ0n) is 33.3. The van der Waals surface area contributed by atoms with Crippen molar-refractivity contribution in [2.75, 3.05) is 0 Å². The van der Waals surface area contributed by atoms with Crippen molar-refractivity contribution in [2.45, 2.75) is 0 Å². The lowest BCUT2D eigenvalue weighted by Crippen LogP contribution is -2.11. The predicted octanol–water partition coefficient (Wildman–Crippen LogP) is 11.6. The molecule has 0 amide bonds. The van der Waals surface area contributed by atoms with E-state index in [2.05, 4.69) is 106 Å². The van der Waals surface area contributed by atoms with Crippen LogP contribution in [0.2, 0.25) is 0 Å². The highest BCUT2D eigenvalue weighted by molar-refractivity contribution is 6.35. The Kier molecular flexibility index (Phi) is 9.55. The second-order valence-electron chi connectivity index (χ2n) is 15.0. The highest BCUT2D eigenvalue weighted by Crippen LogP contribution is 2.38. The summed E-state index contributed by atoms with van der Waals surface area (Å²) in [5.41, 5.74) is 10.9. The summed E-state index contributed by atoms with van der Waals surface area (Å²) in [7, 11) is 0. The molecule has 11 aromatic rings. The first kappa shape index (κ1) is 37.1. The maximum absolute atomic E-state index is 5.07. The van der Waals surface area contributed by atoms with Crippen LogP contribution in [0.3, 0.4) is 0 Å². The minimum absolute atomic E-state index is 0.609. The zero-order valence-corrected chi connectivity index (χ0v) is 34.5. The maximum Gasteiger partial charge on any atom is 0.179 e. The molecular formula is C54H34AlN7. The molecule has 0 atom stereocenters. The molecule has 2 radical (unpaired) electrons. The van der Waals surface area contributed by atoms with Crippen LogP contribution >= 0.6 is 0 Å². The Bertz CT molecular complexity index is 3290. The van der Waals surface area contributed by atoms with Gasteiger partial charge in [0.25, 0.3) is 0 Å². The summed E-state index contributed by atoms with van der Waals surface area (Å²) in [6.45, 7) is 0. The quantitative estimate of drug-likeness (QED) is 0.142. The average molecular weight is 808 g/mol. The van der Waals surface area contributed by atoms with E-state index in [1.165, 1.54) is 0 Å². The third kappa shape index (κ3) is 7.03. The number of hydrogen-bond acceptors (Lipinski definition) is 6. The van der Waals surface area contributed by atoms with Crippen LogP contribution in [0.5, 0.6) is 0 Å². The number of nitrogens with zero attached hydrogens (tertiary/aromatic N) is 7. The van der Waals surface area contributed by atoms with Crippen molar-refractivity contribution in [3.05, 3.63) is 206 Å². The van der Waals surface area contributed by atoms with Gasteiger partial charge in [0.1, 0.15) is 0 Å². The number of para-hydroxylation sites is 1. The molecule has 0 N–H and O–H groups in total. The molecule has 288 valence electrons. The van der Waals surface area contributed by atoms with Crippen LogP contribution in [0.1, 0.15) is 0 Å². The van der Waals surface area contributed by atoms with Crippen molar-refractivity contribution in [1.29, 1.82) is 0 Å². The molecular weight excluding hydrogens is 774 g/mol. The molecule has 3 heterocycles. The first-order valence-electron chi connectivity index (χ1n) is 20.4. The van der Waals surface area contributed by atoms with Crippen molar-refractivity contribution in [2.24, 2.45) is 0 Å². The van der Waals surface area contributed by atoms with Crippen LogP contribution in [0, 0.1) is 0 Å². The Morgan fingerprint density at radius 3 is 1.05 bits per heavy atom. The van der Waals surface area contributed by atoms with Gasteiger partial charge in [-0.05, 0) is 53.6 Å². The van der Waals surface area contributed by atoms with E-state index in [0.29, 0.717) is 34.9 Å². The molecule has 0 unspecified atom stereocenters. The topological polar surface area (TPSA) is 82.3 Å². The minimum atomic E-state index is 0.609. The van der Waals surface area contributed by atoms with Crippen LogP contribution in [-0.4, -0.2) is 50.8 Å². The Morgan fingerprint density at radius 2 is 0.597 bits per heavy atom. The molecule has 0 aliphatic rings. The van der Waals surface area contributed by atoms with E-state index >= 15 is 0 Å². The smallest absolute Gasteiger partial charge is 0.179 e. The zero-order chi connectivity index (χ0) is 41.4. The lowest BCUT2D eigenvalue weighted by molar-refractivity contribution is 1.07. The highest BCUT2D eigenvalue weighted by Gasteiger charge is 2.19. The summed E-state index contributed by atoms with van der Waals surface area (Å²) in [5, 5.41) is 2.20. The molecule has 0 aliphatic heterocycles. The number of benzene rings is 8. The monoisotopic (exact) mass is 807 g/mol. The lowest BCUT2D eigenvalue weighted by Gasteiger charge is -2.12. The van der Waals surface area contributed by atoms with E-state index in [-0.39, 0.29) is 0 Å². The Balaban J connectivity index is 1.08. The second kappa shape index (κ2) is 15.9. The van der Waals surface area contributed by atoms with Gasteiger partial charge in [0.2, 0.25) is 0 Å². The summed E-state index contributed by atoms with van der Waals surface area (Å²) >= 11 is 2.92. The van der Waals surface area contributed by atoms with Gasteiger partial charge in [-0.3, -0.25) is 0 Å². The molecule has 8 aromatic carbocycles. The molecule has 0 bridgehead atoms. The molecule has 7 nitrogen and oxygen atoms in total. The van der Waals surface area contributed by atoms with Gasteiger partial charge in [0, 0.05) is 49.8 Å². The van der Waals surface area contributed by atoms with Gasteiger partial charge in [-0.25, -0.2) is 29.9 Å². The molecule has 0 spiro atoms. The Hall–Kier alpha value is -7.89. The second-order valence-corrected chi connectivity index (χ2v) is 15.6. The average Bonchev–Trinajstić information content (AvgIpc) is 3.67. The maximum atomic E-state index is 5.07. The third-order valence-electron chi connectivity index (χ3n) is 11.1. The van der Waals surface area contributed by atoms with Gasteiger partial charge in [0.15, 0.2) is 51.2 Å².